The molecule has 1 saturated carbocycles. The van der Waals surface area contributed by atoms with Crippen molar-refractivity contribution in [2.24, 2.45) is 5.92 Å². The van der Waals surface area contributed by atoms with Crippen molar-refractivity contribution in [1.29, 1.82) is 0 Å². The van der Waals surface area contributed by atoms with Crippen LogP contribution in [0.4, 0.5) is 23.7 Å². The molecule has 0 spiro atoms. The van der Waals surface area contributed by atoms with Gasteiger partial charge in [0.1, 0.15) is 5.82 Å². The Morgan fingerprint density at radius 2 is 2.07 bits per heavy atom. The summed E-state index contributed by atoms with van der Waals surface area (Å²) in [7, 11) is 0. The number of nitrogens with one attached hydrogen (secondary N) is 3. The van der Waals surface area contributed by atoms with E-state index in [1.807, 2.05) is 0 Å². The molecule has 0 radical (unpaired) electrons. The molecular formula is C20H19F3N4O2. The summed E-state index contributed by atoms with van der Waals surface area (Å²) in [6.45, 7) is 0.756. The van der Waals surface area contributed by atoms with E-state index in [0.717, 1.165) is 18.9 Å². The van der Waals surface area contributed by atoms with Gasteiger partial charge in [0, 0.05) is 41.9 Å². The molecule has 29 heavy (non-hydrogen) atoms. The Morgan fingerprint density at radius 3 is 2.72 bits per heavy atom. The largest absolute Gasteiger partial charge is 0.373 e. The van der Waals surface area contributed by atoms with Gasteiger partial charge in [0.05, 0.1) is 13.2 Å². The van der Waals surface area contributed by atoms with E-state index in [2.05, 4.69) is 27.8 Å². The van der Waals surface area contributed by atoms with Crippen LogP contribution < -0.4 is 16.0 Å². The molecule has 2 aliphatic heterocycles. The van der Waals surface area contributed by atoms with E-state index in [0.29, 0.717) is 6.92 Å². The van der Waals surface area contributed by atoms with Crippen LogP contribution in [-0.2, 0) is 16.9 Å². The maximum absolute atomic E-state index is 14.9. The van der Waals surface area contributed by atoms with Gasteiger partial charge in [-0.2, -0.15) is 0 Å². The van der Waals surface area contributed by atoms with Gasteiger partial charge >= 0.3 is 6.03 Å². The topological polar surface area (TPSA) is 73.5 Å². The van der Waals surface area contributed by atoms with Crippen molar-refractivity contribution in [2.75, 3.05) is 12.0 Å². The van der Waals surface area contributed by atoms with Gasteiger partial charge < -0.3 is 20.9 Å². The Bertz CT molecular complexity index is 972. The standard InChI is InChI=1S/C20H19F3N4O2/c1-19(22,23)20(6-4-12-2-3-12)14-9-15(21)13(8-16(14)25-18(29)26-20)10-27-11-24-7-5-17(27)28/h5,7-9,12,24H,2-3,10-11H2,1H3,(H2,25,26,29)/t20-/m0/s1. The van der Waals surface area contributed by atoms with Crippen molar-refractivity contribution in [3.05, 3.63) is 41.4 Å². The van der Waals surface area contributed by atoms with Gasteiger partial charge in [-0.25, -0.2) is 18.0 Å². The van der Waals surface area contributed by atoms with Crippen LogP contribution in [-0.4, -0.2) is 29.4 Å². The lowest BCUT2D eigenvalue weighted by atomic mass is 9.81. The molecule has 9 heteroatoms. The van der Waals surface area contributed by atoms with Gasteiger partial charge in [-0.05, 0) is 25.0 Å². The van der Waals surface area contributed by atoms with Crippen molar-refractivity contribution >= 4 is 17.6 Å². The molecule has 6 nitrogen and oxygen atoms in total. The van der Waals surface area contributed by atoms with Gasteiger partial charge in [-0.15, -0.1) is 0 Å². The van der Waals surface area contributed by atoms with E-state index in [-0.39, 0.29) is 41.9 Å². The molecule has 3 amide bonds. The molecular weight excluding hydrogens is 385 g/mol. The van der Waals surface area contributed by atoms with E-state index < -0.39 is 23.3 Å². The van der Waals surface area contributed by atoms with E-state index >= 15 is 0 Å². The normalized spacial score (nSPS) is 23.4. The molecule has 0 unspecified atom stereocenters. The molecule has 2 heterocycles. The van der Waals surface area contributed by atoms with Gasteiger partial charge in [-0.1, -0.05) is 11.8 Å². The van der Waals surface area contributed by atoms with E-state index in [1.54, 1.807) is 0 Å². The molecule has 3 N–H and O–H groups in total. The summed E-state index contributed by atoms with van der Waals surface area (Å²) in [4.78, 5) is 25.5. The fourth-order valence-electron chi connectivity index (χ4n) is 3.35. The van der Waals surface area contributed by atoms with Crippen LogP contribution in [0.1, 0.15) is 30.9 Å². The Labute approximate surface area is 165 Å². The van der Waals surface area contributed by atoms with Crippen LogP contribution >= 0.6 is 0 Å². The lowest BCUT2D eigenvalue weighted by Gasteiger charge is -2.40. The SMILES string of the molecule is CC(F)(F)[C@@]1(C#CC2CC2)NC(=O)Nc2cc(CN3CNC=CC3=O)c(F)cc21. The van der Waals surface area contributed by atoms with E-state index in [9.17, 15) is 22.8 Å². The minimum Gasteiger partial charge on any atom is -0.373 e. The highest BCUT2D eigenvalue weighted by Crippen LogP contribution is 2.44. The quantitative estimate of drug-likeness (QED) is 0.679. The molecule has 1 atom stereocenters. The summed E-state index contributed by atoms with van der Waals surface area (Å²) < 4.78 is 44.3. The number of urea groups is 1. The maximum atomic E-state index is 14.9. The summed E-state index contributed by atoms with van der Waals surface area (Å²) in [5.74, 6) is 0.794. The third kappa shape index (κ3) is 3.50. The first-order chi connectivity index (χ1) is 13.7. The van der Waals surface area contributed by atoms with E-state index in [4.69, 9.17) is 0 Å². The zero-order chi connectivity index (χ0) is 20.8. The second kappa shape index (κ2) is 6.72. The molecule has 152 valence electrons. The van der Waals surface area contributed by atoms with Crippen molar-refractivity contribution in [3.8, 4) is 11.8 Å². The van der Waals surface area contributed by atoms with Crippen molar-refractivity contribution in [2.45, 2.75) is 37.8 Å². The summed E-state index contributed by atoms with van der Waals surface area (Å²) in [5, 5.41) is 7.52. The fraction of sp³-hybridized carbons (Fsp3) is 0.400. The number of carbonyl (C=O) groups is 2. The molecule has 3 aliphatic rings. The zero-order valence-corrected chi connectivity index (χ0v) is 15.6. The first kappa shape index (κ1) is 19.2. The average Bonchev–Trinajstić information content (AvgIpc) is 3.46. The number of halogens is 3. The molecule has 0 aromatic heterocycles. The Balaban J connectivity index is 1.78. The molecule has 1 fully saturated rings. The van der Waals surface area contributed by atoms with Crippen LogP contribution in [0, 0.1) is 23.6 Å². The number of hydrogen-bond donors (Lipinski definition) is 3. The van der Waals surface area contributed by atoms with Crippen molar-refractivity contribution in [3.63, 3.8) is 0 Å². The van der Waals surface area contributed by atoms with Crippen LogP contribution in [0.5, 0.6) is 0 Å². The predicted molar refractivity (Wildman–Crippen MR) is 99.0 cm³/mol. The smallest absolute Gasteiger partial charge is 0.320 e. The molecule has 1 aromatic carbocycles. The number of fused-ring (bicyclic) bond motifs is 1. The minimum atomic E-state index is -3.47. The second-order valence-corrected chi connectivity index (χ2v) is 7.48. The molecule has 1 aliphatic carbocycles. The van der Waals surface area contributed by atoms with Crippen LogP contribution in [0.15, 0.2) is 24.4 Å². The highest BCUT2D eigenvalue weighted by atomic mass is 19.3. The number of amides is 3. The van der Waals surface area contributed by atoms with Gasteiger partial charge in [0.15, 0.2) is 5.54 Å². The summed E-state index contributed by atoms with van der Waals surface area (Å²) >= 11 is 0. The van der Waals surface area contributed by atoms with Crippen LogP contribution in [0.3, 0.4) is 0 Å². The number of hydrogen-bond acceptors (Lipinski definition) is 3. The van der Waals surface area contributed by atoms with Gasteiger partial charge in [0.2, 0.25) is 5.91 Å². The molecule has 0 bridgehead atoms. The Hall–Kier alpha value is -3.15. The number of anilines is 1. The predicted octanol–water partition coefficient (Wildman–Crippen LogP) is 2.63. The average molecular weight is 404 g/mol. The van der Waals surface area contributed by atoms with Crippen LogP contribution in [0.25, 0.3) is 0 Å². The minimum absolute atomic E-state index is 0.0132. The summed E-state index contributed by atoms with van der Waals surface area (Å²) in [6.07, 6.45) is 4.43. The number of benzene rings is 1. The monoisotopic (exact) mass is 404 g/mol. The van der Waals surface area contributed by atoms with E-state index in [1.165, 1.54) is 23.2 Å². The number of alkyl halides is 2. The van der Waals surface area contributed by atoms with Gasteiger partial charge in [-0.3, -0.25) is 4.79 Å². The number of carbonyl (C=O) groups excluding carboxylic acids is 2. The first-order valence-electron chi connectivity index (χ1n) is 9.21. The summed E-state index contributed by atoms with van der Waals surface area (Å²) in [6, 6.07) is 1.41. The highest BCUT2D eigenvalue weighted by molar-refractivity contribution is 5.95. The number of nitrogens with zero attached hydrogens (tertiary/aromatic N) is 1. The first-order valence-corrected chi connectivity index (χ1v) is 9.21. The number of rotatable bonds is 3. The third-order valence-corrected chi connectivity index (χ3v) is 5.14. The van der Waals surface area contributed by atoms with Gasteiger partial charge in [0.25, 0.3) is 5.92 Å². The zero-order valence-electron chi connectivity index (χ0n) is 15.6. The molecule has 0 saturated heterocycles. The Kier molecular flexibility index (Phi) is 4.45. The third-order valence-electron chi connectivity index (χ3n) is 5.14. The molecule has 4 rings (SSSR count). The maximum Gasteiger partial charge on any atom is 0.320 e. The fourth-order valence-corrected chi connectivity index (χ4v) is 3.35. The highest BCUT2D eigenvalue weighted by Gasteiger charge is 2.55. The summed E-state index contributed by atoms with van der Waals surface area (Å²) in [5.41, 5.74) is -2.33. The van der Waals surface area contributed by atoms with Crippen LogP contribution in [0.2, 0.25) is 0 Å². The Morgan fingerprint density at radius 1 is 1.31 bits per heavy atom. The van der Waals surface area contributed by atoms with Crippen molar-refractivity contribution in [1.82, 2.24) is 15.5 Å². The lowest BCUT2D eigenvalue weighted by Crippen LogP contribution is -2.60. The molecule has 1 aromatic rings. The second-order valence-electron chi connectivity index (χ2n) is 7.48. The lowest BCUT2D eigenvalue weighted by molar-refractivity contribution is -0.127. The van der Waals surface area contributed by atoms with Crippen molar-refractivity contribution < 1.29 is 22.8 Å².